The molecule has 0 amide bonds. The van der Waals surface area contributed by atoms with Crippen LogP contribution in [0.4, 0.5) is 13.2 Å². The summed E-state index contributed by atoms with van der Waals surface area (Å²) in [6, 6.07) is 4.21. The fourth-order valence-electron chi connectivity index (χ4n) is 1.77. The summed E-state index contributed by atoms with van der Waals surface area (Å²) in [7, 11) is -1.66. The second-order valence-electron chi connectivity index (χ2n) is 4.58. The van der Waals surface area contributed by atoms with Gasteiger partial charge in [-0.05, 0) is 24.0 Å². The first kappa shape index (κ1) is 16.8. The number of nitrogens with zero attached hydrogens (tertiary/aromatic N) is 2. The zero-order chi connectivity index (χ0) is 16.3. The van der Waals surface area contributed by atoms with Gasteiger partial charge >= 0.3 is 13.3 Å². The van der Waals surface area contributed by atoms with Crippen molar-refractivity contribution in [2.45, 2.75) is 25.4 Å². The Kier molecular flexibility index (Phi) is 5.10. The molecule has 5 nitrogen and oxygen atoms in total. The number of rotatable bonds is 5. The Labute approximate surface area is 128 Å². The Balaban J connectivity index is 2.08. The lowest BCUT2D eigenvalue weighted by Crippen LogP contribution is -2.29. The van der Waals surface area contributed by atoms with E-state index in [0.29, 0.717) is 5.56 Å². The van der Waals surface area contributed by atoms with E-state index < -0.39 is 19.7 Å². The largest absolute Gasteiger partial charge is 0.488 e. The number of halogens is 4. The van der Waals surface area contributed by atoms with E-state index >= 15 is 0 Å². The summed E-state index contributed by atoms with van der Waals surface area (Å²) < 4.78 is 41.4. The highest BCUT2D eigenvalue weighted by molar-refractivity contribution is 6.59. The van der Waals surface area contributed by atoms with Crippen molar-refractivity contribution in [3.63, 3.8) is 0 Å². The van der Waals surface area contributed by atoms with Crippen LogP contribution >= 0.6 is 11.6 Å². The second-order valence-corrected chi connectivity index (χ2v) is 4.99. The third-order valence-electron chi connectivity index (χ3n) is 2.84. The zero-order valence-corrected chi connectivity index (χ0v) is 11.9. The molecule has 0 aliphatic carbocycles. The van der Waals surface area contributed by atoms with Gasteiger partial charge in [-0.15, -0.1) is 10.2 Å². The van der Waals surface area contributed by atoms with Gasteiger partial charge in [0, 0.05) is 12.8 Å². The molecule has 0 spiro atoms. The number of aromatic nitrogens is 2. The van der Waals surface area contributed by atoms with Crippen molar-refractivity contribution in [3.05, 3.63) is 29.1 Å². The average molecular weight is 334 g/mol. The topological polar surface area (TPSA) is 79.4 Å². The molecular formula is C12H11BClF3N2O3. The molecule has 0 aliphatic heterocycles. The van der Waals surface area contributed by atoms with E-state index in [9.17, 15) is 13.2 Å². The van der Waals surface area contributed by atoms with E-state index in [1.54, 1.807) is 0 Å². The summed E-state index contributed by atoms with van der Waals surface area (Å²) in [6.45, 7) is 0. The van der Waals surface area contributed by atoms with Gasteiger partial charge in [-0.3, -0.25) is 0 Å². The zero-order valence-electron chi connectivity index (χ0n) is 11.1. The van der Waals surface area contributed by atoms with Crippen LogP contribution in [-0.4, -0.2) is 33.5 Å². The molecule has 118 valence electrons. The fraction of sp³-hybridized carbons (Fsp3) is 0.333. The maximum atomic E-state index is 12.1. The summed E-state index contributed by atoms with van der Waals surface area (Å²) in [6.07, 6.45) is -5.27. The Morgan fingerprint density at radius 3 is 2.55 bits per heavy atom. The molecule has 1 aromatic heterocycles. The third-order valence-corrected chi connectivity index (χ3v) is 3.15. The predicted molar refractivity (Wildman–Crippen MR) is 73.6 cm³/mol. The van der Waals surface area contributed by atoms with Crippen molar-refractivity contribution in [3.8, 4) is 11.5 Å². The second kappa shape index (κ2) is 6.68. The quantitative estimate of drug-likeness (QED) is 0.817. The molecule has 2 aromatic rings. The molecule has 1 heterocycles. The molecule has 0 atom stereocenters. The molecule has 2 N–H and O–H groups in total. The van der Waals surface area contributed by atoms with Gasteiger partial charge in [-0.2, -0.15) is 13.2 Å². The van der Waals surface area contributed by atoms with Gasteiger partial charge in [0.25, 0.3) is 0 Å². The maximum Gasteiger partial charge on any atom is 0.488 e. The highest BCUT2D eigenvalue weighted by atomic mass is 35.5. The van der Waals surface area contributed by atoms with Crippen LogP contribution in [0.2, 0.25) is 5.02 Å². The maximum absolute atomic E-state index is 12.1. The molecule has 0 fully saturated rings. The number of aryl methyl sites for hydroxylation is 1. The number of hydrogen-bond donors (Lipinski definition) is 2. The summed E-state index contributed by atoms with van der Waals surface area (Å²) in [5.41, 5.74) is 0.555. The van der Waals surface area contributed by atoms with E-state index in [0.717, 1.165) is 0 Å². The Hall–Kier alpha value is -1.58. The van der Waals surface area contributed by atoms with Crippen molar-refractivity contribution in [2.75, 3.05) is 0 Å². The van der Waals surface area contributed by atoms with Gasteiger partial charge in [-0.25, -0.2) is 0 Å². The first-order valence-electron chi connectivity index (χ1n) is 6.31. The molecule has 1 aromatic carbocycles. The third kappa shape index (κ3) is 4.46. The molecule has 0 saturated heterocycles. The molecule has 0 bridgehead atoms. The van der Waals surface area contributed by atoms with Crippen LogP contribution in [0, 0.1) is 0 Å². The molecular weight excluding hydrogens is 323 g/mol. The minimum atomic E-state index is -4.22. The van der Waals surface area contributed by atoms with Crippen molar-refractivity contribution >= 4 is 24.2 Å². The van der Waals surface area contributed by atoms with E-state index in [1.807, 2.05) is 0 Å². The lowest BCUT2D eigenvalue weighted by atomic mass is 9.80. The SMILES string of the molecule is OB(O)c1ccc(-c2nnc(CCCC(F)(F)F)o2)c(Cl)c1. The Bertz CT molecular complexity index is 649. The molecule has 10 heteroatoms. The van der Waals surface area contributed by atoms with Crippen molar-refractivity contribution in [2.24, 2.45) is 0 Å². The van der Waals surface area contributed by atoms with E-state index in [-0.39, 0.29) is 35.1 Å². The molecule has 0 saturated carbocycles. The Morgan fingerprint density at radius 2 is 1.95 bits per heavy atom. The van der Waals surface area contributed by atoms with Crippen LogP contribution in [0.25, 0.3) is 11.5 Å². The van der Waals surface area contributed by atoms with Gasteiger partial charge in [-0.1, -0.05) is 17.7 Å². The molecule has 0 unspecified atom stereocenters. The van der Waals surface area contributed by atoms with Crippen molar-refractivity contribution in [1.29, 1.82) is 0 Å². The van der Waals surface area contributed by atoms with Crippen LogP contribution in [0.15, 0.2) is 22.6 Å². The van der Waals surface area contributed by atoms with Crippen LogP contribution < -0.4 is 5.46 Å². The predicted octanol–water partition coefficient (Wildman–Crippen LogP) is 1.95. The minimum absolute atomic E-state index is 0.0115. The van der Waals surface area contributed by atoms with Crippen LogP contribution in [0.5, 0.6) is 0 Å². The van der Waals surface area contributed by atoms with E-state index in [2.05, 4.69) is 10.2 Å². The van der Waals surface area contributed by atoms with Crippen LogP contribution in [0.1, 0.15) is 18.7 Å². The standard InChI is InChI=1S/C12H11BClF3N2O3/c14-9-6-7(13(20)21)3-4-8(9)11-19-18-10(22-11)2-1-5-12(15,16)17/h3-4,6,20-21H,1-2,5H2. The van der Waals surface area contributed by atoms with Gasteiger partial charge < -0.3 is 14.5 Å². The van der Waals surface area contributed by atoms with Gasteiger partial charge in [0.15, 0.2) is 0 Å². The van der Waals surface area contributed by atoms with Crippen molar-refractivity contribution < 1.29 is 27.6 Å². The summed E-state index contributed by atoms with van der Waals surface area (Å²) >= 11 is 5.98. The highest BCUT2D eigenvalue weighted by Crippen LogP contribution is 2.27. The highest BCUT2D eigenvalue weighted by Gasteiger charge is 2.26. The van der Waals surface area contributed by atoms with Crippen LogP contribution in [0.3, 0.4) is 0 Å². The van der Waals surface area contributed by atoms with Crippen molar-refractivity contribution in [1.82, 2.24) is 10.2 Å². The smallest absolute Gasteiger partial charge is 0.423 e. The molecule has 0 radical (unpaired) electrons. The van der Waals surface area contributed by atoms with E-state index in [1.165, 1.54) is 18.2 Å². The molecule has 0 aliphatic rings. The normalized spacial score (nSPS) is 11.7. The Morgan fingerprint density at radius 1 is 1.23 bits per heavy atom. The summed E-state index contributed by atoms with van der Waals surface area (Å²) in [4.78, 5) is 0. The number of benzene rings is 1. The molecule has 22 heavy (non-hydrogen) atoms. The van der Waals surface area contributed by atoms with E-state index in [4.69, 9.17) is 26.1 Å². The monoisotopic (exact) mass is 334 g/mol. The lowest BCUT2D eigenvalue weighted by Gasteiger charge is -2.04. The number of hydrogen-bond acceptors (Lipinski definition) is 5. The lowest BCUT2D eigenvalue weighted by molar-refractivity contribution is -0.135. The molecule has 2 rings (SSSR count). The van der Waals surface area contributed by atoms with Gasteiger partial charge in [0.2, 0.25) is 11.8 Å². The average Bonchev–Trinajstić information content (AvgIpc) is 2.85. The minimum Gasteiger partial charge on any atom is -0.423 e. The number of alkyl halides is 3. The summed E-state index contributed by atoms with van der Waals surface area (Å²) in [5, 5.41) is 25.6. The first-order valence-corrected chi connectivity index (χ1v) is 6.69. The fourth-order valence-corrected chi connectivity index (χ4v) is 2.04. The van der Waals surface area contributed by atoms with Crippen LogP contribution in [-0.2, 0) is 6.42 Å². The summed E-state index contributed by atoms with van der Waals surface area (Å²) in [5.74, 6) is 0.146. The van der Waals surface area contributed by atoms with Gasteiger partial charge in [0.1, 0.15) is 0 Å². The van der Waals surface area contributed by atoms with Gasteiger partial charge in [0.05, 0.1) is 10.6 Å². The first-order chi connectivity index (χ1) is 10.3.